The zero-order chi connectivity index (χ0) is 20.7. The molecule has 2 amide bonds. The van der Waals surface area contributed by atoms with E-state index in [2.05, 4.69) is 15.8 Å². The molecule has 0 spiro atoms. The number of ether oxygens (including phenoxy) is 1. The number of amides is 2. The molecule has 2 aromatic rings. The van der Waals surface area contributed by atoms with Crippen LogP contribution in [-0.2, 0) is 9.59 Å². The van der Waals surface area contributed by atoms with Crippen molar-refractivity contribution >= 4 is 46.9 Å². The van der Waals surface area contributed by atoms with Gasteiger partial charge in [0.05, 0.1) is 12.3 Å². The number of carbonyl (C=O) groups is 2. The van der Waals surface area contributed by atoms with Gasteiger partial charge in [0, 0.05) is 21.3 Å². The average molecular weight is 422 g/mol. The Hall–Kier alpha value is -2.57. The molecular weight excluding hydrogens is 401 g/mol. The molecule has 2 N–H and O–H groups in total. The Morgan fingerprint density at radius 3 is 2.57 bits per heavy atom. The minimum Gasteiger partial charge on any atom is -0.490 e. The summed E-state index contributed by atoms with van der Waals surface area (Å²) in [5.41, 5.74) is 4.34. The van der Waals surface area contributed by atoms with E-state index in [1.807, 2.05) is 20.8 Å². The second-order valence-corrected chi connectivity index (χ2v) is 7.17. The van der Waals surface area contributed by atoms with E-state index in [1.165, 1.54) is 6.21 Å². The van der Waals surface area contributed by atoms with Crippen molar-refractivity contribution < 1.29 is 14.3 Å². The van der Waals surface area contributed by atoms with Gasteiger partial charge in [-0.3, -0.25) is 9.59 Å². The van der Waals surface area contributed by atoms with Crippen LogP contribution in [0, 0.1) is 6.92 Å². The lowest BCUT2D eigenvalue weighted by atomic mass is 10.2. The molecule has 0 bridgehead atoms. The van der Waals surface area contributed by atoms with Crippen LogP contribution < -0.4 is 15.5 Å². The lowest BCUT2D eigenvalue weighted by Gasteiger charge is -2.12. The minimum atomic E-state index is -0.555. The number of nitrogens with zero attached hydrogens (tertiary/aromatic N) is 1. The highest BCUT2D eigenvalue weighted by Crippen LogP contribution is 2.22. The Morgan fingerprint density at radius 1 is 1.14 bits per heavy atom. The van der Waals surface area contributed by atoms with Crippen molar-refractivity contribution in [3.05, 3.63) is 57.6 Å². The minimum absolute atomic E-state index is 0.0260. The van der Waals surface area contributed by atoms with E-state index in [1.54, 1.807) is 36.4 Å². The molecule has 0 aliphatic rings. The molecular formula is C20H21Cl2N3O3. The van der Waals surface area contributed by atoms with E-state index >= 15 is 0 Å². The van der Waals surface area contributed by atoms with Crippen LogP contribution in [0.4, 0.5) is 5.69 Å². The van der Waals surface area contributed by atoms with Crippen molar-refractivity contribution in [3.63, 3.8) is 0 Å². The second-order valence-electron chi connectivity index (χ2n) is 6.33. The van der Waals surface area contributed by atoms with Crippen molar-refractivity contribution in [1.29, 1.82) is 0 Å². The molecule has 0 radical (unpaired) electrons. The lowest BCUT2D eigenvalue weighted by Crippen LogP contribution is -2.24. The van der Waals surface area contributed by atoms with E-state index < -0.39 is 11.8 Å². The maximum atomic E-state index is 12.0. The van der Waals surface area contributed by atoms with Crippen LogP contribution in [0.5, 0.6) is 5.75 Å². The van der Waals surface area contributed by atoms with Gasteiger partial charge in [0.25, 0.3) is 0 Å². The number of halogens is 2. The Labute approximate surface area is 173 Å². The number of benzene rings is 2. The van der Waals surface area contributed by atoms with Crippen molar-refractivity contribution in [3.8, 4) is 5.75 Å². The fourth-order valence-corrected chi connectivity index (χ4v) is 2.58. The largest absolute Gasteiger partial charge is 0.490 e. The molecule has 0 aliphatic heterocycles. The second kappa shape index (κ2) is 10.1. The molecule has 8 heteroatoms. The zero-order valence-corrected chi connectivity index (χ0v) is 17.3. The third-order valence-corrected chi connectivity index (χ3v) is 4.15. The third kappa shape index (κ3) is 6.87. The zero-order valence-electron chi connectivity index (χ0n) is 15.8. The summed E-state index contributed by atoms with van der Waals surface area (Å²) in [5.74, 6) is -0.439. The van der Waals surface area contributed by atoms with Gasteiger partial charge in [-0.15, -0.1) is 0 Å². The standard InChI is InChI=1S/C20H21Cl2N3O3/c1-12(2)28-18-7-5-15(21)8-14(18)11-23-25-20(27)10-19(26)24-16-6-4-13(3)17(22)9-16/h4-9,11-12H,10H2,1-3H3,(H,24,26)(H,25,27). The predicted molar refractivity (Wildman–Crippen MR) is 112 cm³/mol. The summed E-state index contributed by atoms with van der Waals surface area (Å²) in [7, 11) is 0. The summed E-state index contributed by atoms with van der Waals surface area (Å²) in [6.45, 7) is 5.66. The predicted octanol–water partition coefficient (Wildman–Crippen LogP) is 4.57. The Kier molecular flexibility index (Phi) is 7.84. The summed E-state index contributed by atoms with van der Waals surface area (Å²) < 4.78 is 5.67. The molecule has 0 saturated carbocycles. The number of hydrogen-bond acceptors (Lipinski definition) is 4. The monoisotopic (exact) mass is 421 g/mol. The summed E-state index contributed by atoms with van der Waals surface area (Å²) in [6.07, 6.45) is 1.01. The van der Waals surface area contributed by atoms with Crippen molar-refractivity contribution in [2.75, 3.05) is 5.32 Å². The normalized spacial score (nSPS) is 10.9. The first kappa shape index (κ1) is 21.7. The number of hydrazone groups is 1. The molecule has 0 fully saturated rings. The van der Waals surface area contributed by atoms with Gasteiger partial charge in [0.15, 0.2) is 0 Å². The summed E-state index contributed by atoms with van der Waals surface area (Å²) >= 11 is 12.0. The fraction of sp³-hybridized carbons (Fsp3) is 0.250. The number of hydrogen-bond donors (Lipinski definition) is 2. The SMILES string of the molecule is Cc1ccc(NC(=O)CC(=O)NN=Cc2cc(Cl)ccc2OC(C)C)cc1Cl. The maximum absolute atomic E-state index is 12.0. The first-order chi connectivity index (χ1) is 13.2. The van der Waals surface area contributed by atoms with Gasteiger partial charge in [-0.05, 0) is 56.7 Å². The molecule has 0 saturated heterocycles. The van der Waals surface area contributed by atoms with Crippen LogP contribution in [0.3, 0.4) is 0 Å². The average Bonchev–Trinajstić information content (AvgIpc) is 2.60. The highest BCUT2D eigenvalue weighted by Gasteiger charge is 2.10. The van der Waals surface area contributed by atoms with E-state index in [9.17, 15) is 9.59 Å². The molecule has 2 rings (SSSR count). The quantitative estimate of drug-likeness (QED) is 0.390. The first-order valence-electron chi connectivity index (χ1n) is 8.58. The number of nitrogens with one attached hydrogen (secondary N) is 2. The fourth-order valence-electron chi connectivity index (χ4n) is 2.22. The number of anilines is 1. The maximum Gasteiger partial charge on any atom is 0.249 e. The number of carbonyl (C=O) groups excluding carboxylic acids is 2. The summed E-state index contributed by atoms with van der Waals surface area (Å²) in [6, 6.07) is 10.2. The van der Waals surface area contributed by atoms with E-state index in [0.717, 1.165) is 5.56 Å². The molecule has 6 nitrogen and oxygen atoms in total. The van der Waals surface area contributed by atoms with Gasteiger partial charge in [-0.25, -0.2) is 5.43 Å². The lowest BCUT2D eigenvalue weighted by molar-refractivity contribution is -0.126. The summed E-state index contributed by atoms with van der Waals surface area (Å²) in [5, 5.41) is 7.53. The van der Waals surface area contributed by atoms with Crippen LogP contribution >= 0.6 is 23.2 Å². The highest BCUT2D eigenvalue weighted by molar-refractivity contribution is 6.31. The molecule has 0 aromatic heterocycles. The van der Waals surface area contributed by atoms with E-state index in [-0.39, 0.29) is 12.5 Å². The highest BCUT2D eigenvalue weighted by atomic mass is 35.5. The van der Waals surface area contributed by atoms with Crippen LogP contribution in [0.2, 0.25) is 10.0 Å². The Balaban J connectivity index is 1.92. The number of rotatable bonds is 7. The third-order valence-electron chi connectivity index (χ3n) is 3.50. The smallest absolute Gasteiger partial charge is 0.249 e. The molecule has 0 aliphatic carbocycles. The number of aryl methyl sites for hydroxylation is 1. The van der Waals surface area contributed by atoms with Crippen LogP contribution in [0.15, 0.2) is 41.5 Å². The van der Waals surface area contributed by atoms with Crippen molar-refractivity contribution in [2.24, 2.45) is 5.10 Å². The van der Waals surface area contributed by atoms with E-state index in [4.69, 9.17) is 27.9 Å². The van der Waals surface area contributed by atoms with Crippen molar-refractivity contribution in [1.82, 2.24) is 5.43 Å². The Bertz CT molecular complexity index is 898. The van der Waals surface area contributed by atoms with Gasteiger partial charge < -0.3 is 10.1 Å². The molecule has 0 unspecified atom stereocenters. The summed E-state index contributed by atoms with van der Waals surface area (Å²) in [4.78, 5) is 23.9. The molecule has 28 heavy (non-hydrogen) atoms. The Morgan fingerprint density at radius 2 is 1.89 bits per heavy atom. The van der Waals surface area contributed by atoms with Gasteiger partial charge in [0.1, 0.15) is 12.2 Å². The topological polar surface area (TPSA) is 79.8 Å². The van der Waals surface area contributed by atoms with Gasteiger partial charge in [-0.1, -0.05) is 29.3 Å². The van der Waals surface area contributed by atoms with Crippen LogP contribution in [-0.4, -0.2) is 24.1 Å². The van der Waals surface area contributed by atoms with Gasteiger partial charge in [0.2, 0.25) is 11.8 Å². The molecule has 148 valence electrons. The van der Waals surface area contributed by atoms with Gasteiger partial charge >= 0.3 is 0 Å². The van der Waals surface area contributed by atoms with Gasteiger partial charge in [-0.2, -0.15) is 5.10 Å². The molecule has 0 atom stereocenters. The first-order valence-corrected chi connectivity index (χ1v) is 9.34. The van der Waals surface area contributed by atoms with E-state index in [0.29, 0.717) is 27.0 Å². The van der Waals surface area contributed by atoms with Crippen LogP contribution in [0.1, 0.15) is 31.4 Å². The van der Waals surface area contributed by atoms with Crippen molar-refractivity contribution in [2.45, 2.75) is 33.3 Å². The molecule has 2 aromatic carbocycles. The molecule has 0 heterocycles. The van der Waals surface area contributed by atoms with Crippen LogP contribution in [0.25, 0.3) is 0 Å².